The predicted molar refractivity (Wildman–Crippen MR) is 115 cm³/mol. The van der Waals surface area contributed by atoms with E-state index in [4.69, 9.17) is 49.0 Å². The molecule has 1 aliphatic rings. The highest BCUT2D eigenvalue weighted by molar-refractivity contribution is 6.42. The minimum absolute atomic E-state index is 0.272. The molecule has 4 rings (SSSR count). The molecule has 1 N–H and O–H groups in total. The largest absolute Gasteiger partial charge is 0.489 e. The van der Waals surface area contributed by atoms with Crippen LogP contribution in [0.15, 0.2) is 54.6 Å². The molecule has 0 atom stereocenters. The van der Waals surface area contributed by atoms with Crippen LogP contribution in [0.2, 0.25) is 15.1 Å². The van der Waals surface area contributed by atoms with Crippen molar-refractivity contribution >= 4 is 34.8 Å². The van der Waals surface area contributed by atoms with Crippen LogP contribution in [0.25, 0.3) is 0 Å². The maximum absolute atomic E-state index is 6.19. The fourth-order valence-electron chi connectivity index (χ4n) is 3.01. The van der Waals surface area contributed by atoms with Crippen molar-refractivity contribution in [3.8, 4) is 17.2 Å². The van der Waals surface area contributed by atoms with Crippen LogP contribution in [0.1, 0.15) is 16.7 Å². The molecule has 0 spiro atoms. The zero-order valence-electron chi connectivity index (χ0n) is 15.4. The molecule has 29 heavy (non-hydrogen) atoms. The standard InChI is InChI=1S/C22H18Cl3NO3/c23-17-3-6-20(27-12-15-1-4-18(24)19(25)7-15)16(9-17)11-26-10-14-2-5-21-22(8-14)29-13-28-21/h1-9,26H,10-13H2. The Morgan fingerprint density at radius 1 is 0.793 bits per heavy atom. The Morgan fingerprint density at radius 2 is 1.62 bits per heavy atom. The summed E-state index contributed by atoms with van der Waals surface area (Å²) in [6, 6.07) is 17.0. The molecule has 1 aliphatic heterocycles. The first kappa shape index (κ1) is 20.2. The SMILES string of the molecule is Clc1ccc(OCc2ccc(Cl)c(Cl)c2)c(CNCc2ccc3c(c2)OCO3)c1. The second-order valence-corrected chi connectivity index (χ2v) is 7.83. The number of benzene rings is 3. The van der Waals surface area contributed by atoms with Gasteiger partial charge in [0.25, 0.3) is 0 Å². The van der Waals surface area contributed by atoms with Crippen LogP contribution >= 0.6 is 34.8 Å². The summed E-state index contributed by atoms with van der Waals surface area (Å²) in [4.78, 5) is 0. The summed E-state index contributed by atoms with van der Waals surface area (Å²) in [6.07, 6.45) is 0. The van der Waals surface area contributed by atoms with Gasteiger partial charge in [0.05, 0.1) is 10.0 Å². The van der Waals surface area contributed by atoms with E-state index >= 15 is 0 Å². The van der Waals surface area contributed by atoms with Crippen LogP contribution in [0.4, 0.5) is 0 Å². The molecule has 150 valence electrons. The molecule has 0 amide bonds. The van der Waals surface area contributed by atoms with Crippen molar-refractivity contribution in [1.82, 2.24) is 5.32 Å². The first-order valence-corrected chi connectivity index (χ1v) is 10.2. The van der Waals surface area contributed by atoms with Gasteiger partial charge in [0, 0.05) is 23.7 Å². The summed E-state index contributed by atoms with van der Waals surface area (Å²) in [6.45, 7) is 1.93. The van der Waals surface area contributed by atoms with E-state index in [1.807, 2.05) is 42.5 Å². The fourth-order valence-corrected chi connectivity index (χ4v) is 3.53. The van der Waals surface area contributed by atoms with E-state index in [2.05, 4.69) is 5.32 Å². The lowest BCUT2D eigenvalue weighted by Crippen LogP contribution is -2.13. The maximum atomic E-state index is 6.19. The maximum Gasteiger partial charge on any atom is 0.231 e. The highest BCUT2D eigenvalue weighted by Gasteiger charge is 2.13. The Hall–Kier alpha value is -2.11. The lowest BCUT2D eigenvalue weighted by molar-refractivity contribution is 0.174. The lowest BCUT2D eigenvalue weighted by Gasteiger charge is -2.13. The Balaban J connectivity index is 1.39. The summed E-state index contributed by atoms with van der Waals surface area (Å²) >= 11 is 18.2. The molecule has 1 heterocycles. The van der Waals surface area contributed by atoms with Crippen LogP contribution in [0.3, 0.4) is 0 Å². The molecule has 0 bridgehead atoms. The van der Waals surface area contributed by atoms with Crippen LogP contribution < -0.4 is 19.5 Å². The molecule has 3 aromatic rings. The number of fused-ring (bicyclic) bond motifs is 1. The first-order chi connectivity index (χ1) is 14.1. The molecule has 0 fully saturated rings. The van der Waals surface area contributed by atoms with E-state index < -0.39 is 0 Å². The third kappa shape index (κ3) is 5.09. The zero-order chi connectivity index (χ0) is 20.2. The van der Waals surface area contributed by atoms with E-state index in [1.165, 1.54) is 0 Å². The topological polar surface area (TPSA) is 39.7 Å². The monoisotopic (exact) mass is 449 g/mol. The summed E-state index contributed by atoms with van der Waals surface area (Å²) in [5, 5.41) is 5.11. The minimum atomic E-state index is 0.272. The fraction of sp³-hybridized carbons (Fsp3) is 0.182. The Bertz CT molecular complexity index is 1030. The summed E-state index contributed by atoms with van der Waals surface area (Å²) < 4.78 is 16.8. The van der Waals surface area contributed by atoms with Crippen LogP contribution in [0.5, 0.6) is 17.2 Å². The van der Waals surface area contributed by atoms with Gasteiger partial charge in [0.1, 0.15) is 12.4 Å². The van der Waals surface area contributed by atoms with Gasteiger partial charge in [-0.1, -0.05) is 46.9 Å². The van der Waals surface area contributed by atoms with Crippen molar-refractivity contribution in [1.29, 1.82) is 0 Å². The van der Waals surface area contributed by atoms with E-state index in [1.54, 1.807) is 12.1 Å². The highest BCUT2D eigenvalue weighted by atomic mass is 35.5. The molecule has 7 heteroatoms. The molecule has 0 aromatic heterocycles. The Kier molecular flexibility index (Phi) is 6.36. The van der Waals surface area contributed by atoms with Crippen molar-refractivity contribution in [3.63, 3.8) is 0 Å². The van der Waals surface area contributed by atoms with Gasteiger partial charge in [-0.15, -0.1) is 0 Å². The molecule has 0 aliphatic carbocycles. The van der Waals surface area contributed by atoms with E-state index in [0.29, 0.717) is 34.8 Å². The Morgan fingerprint density at radius 3 is 2.48 bits per heavy atom. The minimum Gasteiger partial charge on any atom is -0.489 e. The molecule has 4 nitrogen and oxygen atoms in total. The molecule has 0 unspecified atom stereocenters. The van der Waals surface area contributed by atoms with Gasteiger partial charge in [-0.25, -0.2) is 0 Å². The average molecular weight is 451 g/mol. The molecular formula is C22H18Cl3NO3. The summed E-state index contributed by atoms with van der Waals surface area (Å²) in [5.74, 6) is 2.32. The van der Waals surface area contributed by atoms with Crippen LogP contribution in [0, 0.1) is 0 Å². The van der Waals surface area contributed by atoms with Crippen LogP contribution in [-0.4, -0.2) is 6.79 Å². The van der Waals surface area contributed by atoms with E-state index in [0.717, 1.165) is 33.9 Å². The molecular weight excluding hydrogens is 433 g/mol. The smallest absolute Gasteiger partial charge is 0.231 e. The molecule has 0 saturated carbocycles. The van der Waals surface area contributed by atoms with Gasteiger partial charge in [0.15, 0.2) is 11.5 Å². The lowest BCUT2D eigenvalue weighted by atomic mass is 10.1. The Labute approximate surface area is 184 Å². The van der Waals surface area contributed by atoms with Gasteiger partial charge in [-0.05, 0) is 53.6 Å². The number of nitrogens with one attached hydrogen (secondary N) is 1. The summed E-state index contributed by atoms with van der Waals surface area (Å²) in [5.41, 5.74) is 3.02. The van der Waals surface area contributed by atoms with Crippen molar-refractivity contribution in [2.24, 2.45) is 0 Å². The van der Waals surface area contributed by atoms with Crippen molar-refractivity contribution < 1.29 is 14.2 Å². The quantitative estimate of drug-likeness (QED) is 0.462. The molecule has 0 radical (unpaired) electrons. The highest BCUT2D eigenvalue weighted by Crippen LogP contribution is 2.32. The van der Waals surface area contributed by atoms with Gasteiger partial charge in [-0.3, -0.25) is 0 Å². The number of hydrogen-bond acceptors (Lipinski definition) is 4. The van der Waals surface area contributed by atoms with Crippen molar-refractivity contribution in [3.05, 3.63) is 86.4 Å². The number of halogens is 3. The molecule has 3 aromatic carbocycles. The third-order valence-corrected chi connectivity index (χ3v) is 5.46. The average Bonchev–Trinajstić information content (AvgIpc) is 3.18. The first-order valence-electron chi connectivity index (χ1n) is 9.03. The number of rotatable bonds is 7. The van der Waals surface area contributed by atoms with Gasteiger partial charge in [-0.2, -0.15) is 0 Å². The van der Waals surface area contributed by atoms with E-state index in [9.17, 15) is 0 Å². The van der Waals surface area contributed by atoms with Crippen molar-refractivity contribution in [2.75, 3.05) is 6.79 Å². The zero-order valence-corrected chi connectivity index (χ0v) is 17.7. The van der Waals surface area contributed by atoms with Gasteiger partial charge in [0.2, 0.25) is 6.79 Å². The normalized spacial score (nSPS) is 12.2. The second kappa shape index (κ2) is 9.14. The molecule has 0 saturated heterocycles. The van der Waals surface area contributed by atoms with Crippen molar-refractivity contribution in [2.45, 2.75) is 19.7 Å². The predicted octanol–water partition coefficient (Wildman–Crippen LogP) is 6.24. The summed E-state index contributed by atoms with van der Waals surface area (Å²) in [7, 11) is 0. The van der Waals surface area contributed by atoms with E-state index in [-0.39, 0.29) is 6.79 Å². The van der Waals surface area contributed by atoms with Gasteiger partial charge < -0.3 is 19.5 Å². The number of hydrogen-bond donors (Lipinski definition) is 1. The van der Waals surface area contributed by atoms with Gasteiger partial charge >= 0.3 is 0 Å². The third-order valence-electron chi connectivity index (χ3n) is 4.48. The van der Waals surface area contributed by atoms with Crippen LogP contribution in [-0.2, 0) is 19.7 Å². The number of ether oxygens (including phenoxy) is 3. The second-order valence-electron chi connectivity index (χ2n) is 6.58.